The molecule has 0 amide bonds. The van der Waals surface area contributed by atoms with Gasteiger partial charge in [-0.1, -0.05) is 11.6 Å². The van der Waals surface area contributed by atoms with Gasteiger partial charge in [0.15, 0.2) is 0 Å². The minimum Gasteiger partial charge on any atom is -0.379 e. The smallest absolute Gasteiger partial charge is 0.127 e. The molecule has 0 aromatic carbocycles. The Morgan fingerprint density at radius 2 is 2.54 bits per heavy atom. The number of nitrogens with one attached hydrogen (secondary N) is 1. The van der Waals surface area contributed by atoms with E-state index >= 15 is 0 Å². The SMILES string of the molecule is Clc1ccnc(NC2CCOC2)c1. The van der Waals surface area contributed by atoms with Crippen LogP contribution >= 0.6 is 11.6 Å². The van der Waals surface area contributed by atoms with Gasteiger partial charge < -0.3 is 10.1 Å². The highest BCUT2D eigenvalue weighted by atomic mass is 35.5. The quantitative estimate of drug-likeness (QED) is 0.789. The molecule has 0 spiro atoms. The molecule has 70 valence electrons. The molecule has 13 heavy (non-hydrogen) atoms. The van der Waals surface area contributed by atoms with E-state index in [1.54, 1.807) is 12.3 Å². The Bertz CT molecular complexity index is 287. The standard InChI is InChI=1S/C9H11ClN2O/c10-7-1-3-11-9(5-7)12-8-2-4-13-6-8/h1,3,5,8H,2,4,6H2,(H,11,12). The van der Waals surface area contributed by atoms with E-state index in [0.29, 0.717) is 11.1 Å². The van der Waals surface area contributed by atoms with E-state index in [1.165, 1.54) is 0 Å². The molecule has 1 unspecified atom stereocenters. The number of ether oxygens (including phenoxy) is 1. The van der Waals surface area contributed by atoms with E-state index in [4.69, 9.17) is 16.3 Å². The number of hydrogen-bond donors (Lipinski definition) is 1. The van der Waals surface area contributed by atoms with Crippen LogP contribution in [0, 0.1) is 0 Å². The zero-order chi connectivity index (χ0) is 9.10. The molecule has 2 rings (SSSR count). The molecule has 0 aliphatic carbocycles. The van der Waals surface area contributed by atoms with Crippen molar-refractivity contribution in [3.8, 4) is 0 Å². The fourth-order valence-electron chi connectivity index (χ4n) is 1.34. The molecular weight excluding hydrogens is 188 g/mol. The first-order valence-electron chi connectivity index (χ1n) is 4.30. The number of aromatic nitrogens is 1. The topological polar surface area (TPSA) is 34.2 Å². The molecule has 1 atom stereocenters. The monoisotopic (exact) mass is 198 g/mol. The molecule has 1 aliphatic rings. The summed E-state index contributed by atoms with van der Waals surface area (Å²) in [4.78, 5) is 4.15. The van der Waals surface area contributed by atoms with Gasteiger partial charge in [0.05, 0.1) is 12.6 Å². The van der Waals surface area contributed by atoms with Gasteiger partial charge in [0.2, 0.25) is 0 Å². The fourth-order valence-corrected chi connectivity index (χ4v) is 1.50. The normalized spacial score (nSPS) is 21.8. The van der Waals surface area contributed by atoms with Crippen molar-refractivity contribution in [3.05, 3.63) is 23.4 Å². The summed E-state index contributed by atoms with van der Waals surface area (Å²) in [6.07, 6.45) is 2.73. The lowest BCUT2D eigenvalue weighted by atomic mass is 10.2. The highest BCUT2D eigenvalue weighted by Gasteiger charge is 2.15. The van der Waals surface area contributed by atoms with Gasteiger partial charge in [-0.3, -0.25) is 0 Å². The second-order valence-electron chi connectivity index (χ2n) is 3.06. The first kappa shape index (κ1) is 8.78. The molecule has 1 aromatic rings. The van der Waals surface area contributed by atoms with Crippen LogP contribution < -0.4 is 5.32 Å². The van der Waals surface area contributed by atoms with Gasteiger partial charge in [0.1, 0.15) is 5.82 Å². The number of halogens is 1. The van der Waals surface area contributed by atoms with Crippen LogP contribution in [0.2, 0.25) is 5.02 Å². The zero-order valence-electron chi connectivity index (χ0n) is 7.16. The Morgan fingerprint density at radius 1 is 1.62 bits per heavy atom. The number of hydrogen-bond acceptors (Lipinski definition) is 3. The van der Waals surface area contributed by atoms with Crippen molar-refractivity contribution in [2.24, 2.45) is 0 Å². The maximum Gasteiger partial charge on any atom is 0.127 e. The Morgan fingerprint density at radius 3 is 3.23 bits per heavy atom. The lowest BCUT2D eigenvalue weighted by molar-refractivity contribution is 0.195. The number of anilines is 1. The average Bonchev–Trinajstić information content (AvgIpc) is 2.57. The Hall–Kier alpha value is -0.800. The van der Waals surface area contributed by atoms with Gasteiger partial charge in [-0.05, 0) is 18.6 Å². The van der Waals surface area contributed by atoms with Gasteiger partial charge in [0.25, 0.3) is 0 Å². The van der Waals surface area contributed by atoms with Crippen molar-refractivity contribution in [1.82, 2.24) is 4.98 Å². The molecule has 1 N–H and O–H groups in total. The van der Waals surface area contributed by atoms with E-state index in [2.05, 4.69) is 10.3 Å². The van der Waals surface area contributed by atoms with E-state index in [9.17, 15) is 0 Å². The largest absolute Gasteiger partial charge is 0.379 e. The third kappa shape index (κ3) is 2.32. The minimum atomic E-state index is 0.381. The molecule has 1 aliphatic heterocycles. The first-order chi connectivity index (χ1) is 6.34. The van der Waals surface area contributed by atoms with Gasteiger partial charge in [0, 0.05) is 17.8 Å². The van der Waals surface area contributed by atoms with Gasteiger partial charge in [-0.25, -0.2) is 4.98 Å². The van der Waals surface area contributed by atoms with Gasteiger partial charge >= 0.3 is 0 Å². The summed E-state index contributed by atoms with van der Waals surface area (Å²) in [6.45, 7) is 1.59. The molecule has 0 radical (unpaired) electrons. The molecule has 1 fully saturated rings. The molecular formula is C9H11ClN2O. The number of rotatable bonds is 2. The van der Waals surface area contributed by atoms with Crippen molar-refractivity contribution >= 4 is 17.4 Å². The van der Waals surface area contributed by atoms with Crippen LogP contribution in [-0.4, -0.2) is 24.2 Å². The summed E-state index contributed by atoms with van der Waals surface area (Å²) in [5.41, 5.74) is 0. The highest BCUT2D eigenvalue weighted by molar-refractivity contribution is 6.30. The second-order valence-corrected chi connectivity index (χ2v) is 3.50. The third-order valence-corrected chi connectivity index (χ3v) is 2.24. The predicted octanol–water partition coefficient (Wildman–Crippen LogP) is 1.94. The van der Waals surface area contributed by atoms with Gasteiger partial charge in [-0.2, -0.15) is 0 Å². The summed E-state index contributed by atoms with van der Waals surface area (Å²) < 4.78 is 5.24. The van der Waals surface area contributed by atoms with Crippen molar-refractivity contribution in [2.45, 2.75) is 12.5 Å². The number of nitrogens with zero attached hydrogens (tertiary/aromatic N) is 1. The van der Waals surface area contributed by atoms with E-state index in [0.717, 1.165) is 25.5 Å². The lowest BCUT2D eigenvalue weighted by Gasteiger charge is -2.10. The van der Waals surface area contributed by atoms with Crippen LogP contribution in [0.3, 0.4) is 0 Å². The molecule has 0 saturated carbocycles. The molecule has 3 nitrogen and oxygen atoms in total. The predicted molar refractivity (Wildman–Crippen MR) is 52.1 cm³/mol. The lowest BCUT2D eigenvalue weighted by Crippen LogP contribution is -2.19. The Kier molecular flexibility index (Phi) is 2.66. The van der Waals surface area contributed by atoms with Gasteiger partial charge in [-0.15, -0.1) is 0 Å². The summed E-state index contributed by atoms with van der Waals surface area (Å²) in [6, 6.07) is 3.96. The van der Waals surface area contributed by atoms with Crippen LogP contribution in [0.25, 0.3) is 0 Å². The van der Waals surface area contributed by atoms with Crippen LogP contribution in [0.4, 0.5) is 5.82 Å². The molecule has 1 saturated heterocycles. The highest BCUT2D eigenvalue weighted by Crippen LogP contribution is 2.15. The van der Waals surface area contributed by atoms with Crippen LogP contribution in [0.1, 0.15) is 6.42 Å². The van der Waals surface area contributed by atoms with Crippen molar-refractivity contribution in [1.29, 1.82) is 0 Å². The van der Waals surface area contributed by atoms with Crippen molar-refractivity contribution in [2.75, 3.05) is 18.5 Å². The van der Waals surface area contributed by atoms with E-state index < -0.39 is 0 Å². The summed E-state index contributed by atoms with van der Waals surface area (Å²) >= 11 is 5.82. The van der Waals surface area contributed by atoms with Crippen molar-refractivity contribution < 1.29 is 4.74 Å². The molecule has 2 heterocycles. The van der Waals surface area contributed by atoms with Crippen molar-refractivity contribution in [3.63, 3.8) is 0 Å². The zero-order valence-corrected chi connectivity index (χ0v) is 7.92. The summed E-state index contributed by atoms with van der Waals surface area (Å²) in [5.74, 6) is 0.822. The molecule has 4 heteroatoms. The van der Waals surface area contributed by atoms with Crippen LogP contribution in [0.15, 0.2) is 18.3 Å². The Labute approximate surface area is 82.1 Å². The maximum absolute atomic E-state index is 5.82. The van der Waals surface area contributed by atoms with E-state index in [1.807, 2.05) is 6.07 Å². The number of pyridine rings is 1. The third-order valence-electron chi connectivity index (χ3n) is 2.00. The second kappa shape index (κ2) is 3.94. The summed E-state index contributed by atoms with van der Waals surface area (Å²) in [7, 11) is 0. The average molecular weight is 199 g/mol. The first-order valence-corrected chi connectivity index (χ1v) is 4.68. The molecule has 0 bridgehead atoms. The maximum atomic E-state index is 5.82. The fraction of sp³-hybridized carbons (Fsp3) is 0.444. The van der Waals surface area contributed by atoms with Crippen LogP contribution in [0.5, 0.6) is 0 Å². The minimum absolute atomic E-state index is 0.381. The molecule has 1 aromatic heterocycles. The van der Waals surface area contributed by atoms with E-state index in [-0.39, 0.29) is 0 Å². The summed E-state index contributed by atoms with van der Waals surface area (Å²) in [5, 5.41) is 3.97. The Balaban J connectivity index is 2.00. The van der Waals surface area contributed by atoms with Crippen LogP contribution in [-0.2, 0) is 4.74 Å².